The Balaban J connectivity index is 2.22. The van der Waals surface area contributed by atoms with Gasteiger partial charge in [0.2, 0.25) is 0 Å². The van der Waals surface area contributed by atoms with Gasteiger partial charge in [0.25, 0.3) is 0 Å². The highest BCUT2D eigenvalue weighted by Gasteiger charge is 2.18. The van der Waals surface area contributed by atoms with Gasteiger partial charge in [-0.1, -0.05) is 6.07 Å². The molecule has 3 rings (SSSR count). The maximum absolute atomic E-state index is 10.6. The first-order chi connectivity index (χ1) is 9.74. The van der Waals surface area contributed by atoms with Crippen LogP contribution in [0.4, 0.5) is 5.82 Å². The normalized spacial score (nSPS) is 11.1. The number of fused-ring (bicyclic) bond motifs is 1. The fourth-order valence-electron chi connectivity index (χ4n) is 2.25. The minimum atomic E-state index is 0.211. The summed E-state index contributed by atoms with van der Waals surface area (Å²) >= 11 is 0. The number of aldehydes is 1. The molecule has 7 heteroatoms. The third-order valence-electron chi connectivity index (χ3n) is 3.17. The van der Waals surface area contributed by atoms with Gasteiger partial charge in [0, 0.05) is 13.0 Å². The fourth-order valence-corrected chi connectivity index (χ4v) is 2.25. The standard InChI is InChI=1S/C13H13N5O2/c1-2-18-10-4-3-8(5-6-19)7-9(10)15-13(18)11-12(14)17-20-16-11/h3-4,6-7H,2,5H2,1H3,(H2,14,17). The molecule has 0 amide bonds. The van der Waals surface area contributed by atoms with E-state index in [9.17, 15) is 4.79 Å². The Morgan fingerprint density at radius 3 is 2.90 bits per heavy atom. The van der Waals surface area contributed by atoms with E-state index in [0.29, 0.717) is 24.5 Å². The van der Waals surface area contributed by atoms with Gasteiger partial charge in [0.1, 0.15) is 6.29 Å². The number of rotatable bonds is 4. The molecule has 0 radical (unpaired) electrons. The molecule has 7 nitrogen and oxygen atoms in total. The summed E-state index contributed by atoms with van der Waals surface area (Å²) in [7, 11) is 0. The van der Waals surface area contributed by atoms with Crippen LogP contribution < -0.4 is 5.73 Å². The van der Waals surface area contributed by atoms with Gasteiger partial charge in [-0.3, -0.25) is 0 Å². The summed E-state index contributed by atoms with van der Waals surface area (Å²) in [6, 6.07) is 5.75. The summed E-state index contributed by atoms with van der Waals surface area (Å²) in [6.45, 7) is 2.72. The Kier molecular flexibility index (Phi) is 2.94. The molecular formula is C13H13N5O2. The molecule has 0 unspecified atom stereocenters. The van der Waals surface area contributed by atoms with Crippen molar-refractivity contribution in [3.8, 4) is 11.5 Å². The molecule has 1 aromatic carbocycles. The maximum Gasteiger partial charge on any atom is 0.199 e. The highest BCUT2D eigenvalue weighted by atomic mass is 16.6. The molecule has 0 aliphatic rings. The summed E-state index contributed by atoms with van der Waals surface area (Å²) < 4.78 is 6.61. The highest BCUT2D eigenvalue weighted by Crippen LogP contribution is 2.27. The number of nitrogens with two attached hydrogens (primary N) is 1. The lowest BCUT2D eigenvalue weighted by Crippen LogP contribution is -1.99. The van der Waals surface area contributed by atoms with Crippen molar-refractivity contribution in [2.75, 3.05) is 5.73 Å². The van der Waals surface area contributed by atoms with E-state index in [-0.39, 0.29) is 5.82 Å². The van der Waals surface area contributed by atoms with E-state index in [1.54, 1.807) is 0 Å². The first kappa shape index (κ1) is 12.3. The monoisotopic (exact) mass is 271 g/mol. The van der Waals surface area contributed by atoms with Crippen LogP contribution in [-0.4, -0.2) is 26.2 Å². The first-order valence-electron chi connectivity index (χ1n) is 6.25. The minimum Gasteiger partial charge on any atom is -0.379 e. The molecular weight excluding hydrogens is 258 g/mol. The molecule has 3 aromatic rings. The summed E-state index contributed by atoms with van der Waals surface area (Å²) in [6.07, 6.45) is 1.25. The lowest BCUT2D eigenvalue weighted by molar-refractivity contribution is -0.107. The van der Waals surface area contributed by atoms with Gasteiger partial charge < -0.3 is 15.1 Å². The Hall–Kier alpha value is -2.70. The number of nitrogen functional groups attached to an aromatic ring is 1. The molecule has 0 atom stereocenters. The molecule has 0 spiro atoms. The number of hydrogen-bond donors (Lipinski definition) is 1. The van der Waals surface area contributed by atoms with Crippen LogP contribution in [0.5, 0.6) is 0 Å². The van der Waals surface area contributed by atoms with E-state index in [1.807, 2.05) is 29.7 Å². The van der Waals surface area contributed by atoms with Crippen molar-refractivity contribution in [3.05, 3.63) is 23.8 Å². The number of imidazole rings is 1. The van der Waals surface area contributed by atoms with Crippen LogP contribution >= 0.6 is 0 Å². The van der Waals surface area contributed by atoms with Crippen molar-refractivity contribution < 1.29 is 9.42 Å². The van der Waals surface area contributed by atoms with E-state index < -0.39 is 0 Å². The average molecular weight is 271 g/mol. The second-order valence-electron chi connectivity index (χ2n) is 4.37. The van der Waals surface area contributed by atoms with Gasteiger partial charge in [-0.15, -0.1) is 0 Å². The molecule has 0 aliphatic carbocycles. The van der Waals surface area contributed by atoms with Crippen LogP contribution in [0.25, 0.3) is 22.6 Å². The topological polar surface area (TPSA) is 99.8 Å². The number of benzene rings is 1. The van der Waals surface area contributed by atoms with Crippen LogP contribution in [0.1, 0.15) is 12.5 Å². The number of hydrogen-bond acceptors (Lipinski definition) is 6. The number of carbonyl (C=O) groups is 1. The van der Waals surface area contributed by atoms with Crippen LogP contribution in [-0.2, 0) is 17.8 Å². The first-order valence-corrected chi connectivity index (χ1v) is 6.25. The van der Waals surface area contributed by atoms with Crippen molar-refractivity contribution in [1.29, 1.82) is 0 Å². The Morgan fingerprint density at radius 2 is 2.25 bits per heavy atom. The number of nitrogens with zero attached hydrogens (tertiary/aromatic N) is 4. The van der Waals surface area contributed by atoms with Crippen LogP contribution in [0.15, 0.2) is 22.8 Å². The lowest BCUT2D eigenvalue weighted by atomic mass is 10.1. The third kappa shape index (κ3) is 1.83. The molecule has 0 saturated heterocycles. The largest absolute Gasteiger partial charge is 0.379 e. The molecule has 102 valence electrons. The number of aromatic nitrogens is 4. The van der Waals surface area contributed by atoms with Crippen molar-refractivity contribution in [2.24, 2.45) is 0 Å². The van der Waals surface area contributed by atoms with Gasteiger partial charge in [-0.2, -0.15) is 0 Å². The number of aryl methyl sites for hydroxylation is 1. The molecule has 0 fully saturated rings. The lowest BCUT2D eigenvalue weighted by Gasteiger charge is -2.03. The average Bonchev–Trinajstić information content (AvgIpc) is 3.01. The zero-order valence-corrected chi connectivity index (χ0v) is 10.9. The molecule has 2 aromatic heterocycles. The van der Waals surface area contributed by atoms with Crippen LogP contribution in [0, 0.1) is 0 Å². The molecule has 20 heavy (non-hydrogen) atoms. The third-order valence-corrected chi connectivity index (χ3v) is 3.17. The maximum atomic E-state index is 10.6. The second-order valence-corrected chi connectivity index (χ2v) is 4.37. The van der Waals surface area contributed by atoms with Gasteiger partial charge in [-0.25, -0.2) is 9.61 Å². The fraction of sp³-hybridized carbons (Fsp3) is 0.231. The van der Waals surface area contributed by atoms with Crippen molar-refractivity contribution >= 4 is 23.1 Å². The van der Waals surface area contributed by atoms with Gasteiger partial charge in [-0.05, 0) is 34.9 Å². The summed E-state index contributed by atoms with van der Waals surface area (Å²) in [5.41, 5.74) is 8.83. The van der Waals surface area contributed by atoms with Gasteiger partial charge >= 0.3 is 0 Å². The molecule has 2 N–H and O–H groups in total. The van der Waals surface area contributed by atoms with Crippen LogP contribution in [0.2, 0.25) is 0 Å². The van der Waals surface area contributed by atoms with Crippen molar-refractivity contribution in [1.82, 2.24) is 19.9 Å². The Morgan fingerprint density at radius 1 is 1.40 bits per heavy atom. The van der Waals surface area contributed by atoms with Gasteiger partial charge in [0.05, 0.1) is 11.0 Å². The Labute approximate surface area is 114 Å². The predicted molar refractivity (Wildman–Crippen MR) is 72.9 cm³/mol. The van der Waals surface area contributed by atoms with E-state index >= 15 is 0 Å². The van der Waals surface area contributed by atoms with E-state index in [1.165, 1.54) is 0 Å². The molecule has 0 bridgehead atoms. The molecule has 0 saturated carbocycles. The highest BCUT2D eigenvalue weighted by molar-refractivity contribution is 5.82. The second kappa shape index (κ2) is 4.76. The van der Waals surface area contributed by atoms with Crippen LogP contribution in [0.3, 0.4) is 0 Å². The molecule has 0 aliphatic heterocycles. The predicted octanol–water partition coefficient (Wildman–Crippen LogP) is 1.43. The zero-order valence-electron chi connectivity index (χ0n) is 10.9. The van der Waals surface area contributed by atoms with E-state index in [2.05, 4.69) is 19.9 Å². The van der Waals surface area contributed by atoms with E-state index in [0.717, 1.165) is 22.9 Å². The smallest absolute Gasteiger partial charge is 0.199 e. The Bertz CT molecular complexity index is 774. The molecule has 2 heterocycles. The zero-order chi connectivity index (χ0) is 14.1. The summed E-state index contributed by atoms with van der Waals surface area (Å²) in [5, 5.41) is 7.38. The summed E-state index contributed by atoms with van der Waals surface area (Å²) in [5.74, 6) is 0.827. The SMILES string of the molecule is CCn1c(-c2nonc2N)nc2cc(CC=O)ccc21. The van der Waals surface area contributed by atoms with Crippen molar-refractivity contribution in [2.45, 2.75) is 19.9 Å². The number of carbonyl (C=O) groups excluding carboxylic acids is 1. The minimum absolute atomic E-state index is 0.211. The number of anilines is 1. The van der Waals surface area contributed by atoms with Crippen molar-refractivity contribution in [3.63, 3.8) is 0 Å². The quantitative estimate of drug-likeness (QED) is 0.720. The summed E-state index contributed by atoms with van der Waals surface area (Å²) in [4.78, 5) is 15.1. The van der Waals surface area contributed by atoms with E-state index in [4.69, 9.17) is 5.73 Å². The van der Waals surface area contributed by atoms with Gasteiger partial charge in [0.15, 0.2) is 17.3 Å².